The molecule has 0 N–H and O–H groups in total. The second kappa shape index (κ2) is 4.88. The monoisotopic (exact) mass is 216 g/mol. The molecule has 0 amide bonds. The van der Waals surface area contributed by atoms with Crippen LogP contribution in [0.15, 0.2) is 52.5 Å². The number of hydrogen-bond donors (Lipinski definition) is 0. The number of furan rings is 1. The average molecular weight is 216 g/mol. The summed E-state index contributed by atoms with van der Waals surface area (Å²) in [5.74, 6) is -0.512. The molecule has 5 nitrogen and oxygen atoms in total. The first-order chi connectivity index (χ1) is 7.86. The molecule has 0 aromatic carbocycles. The zero-order chi connectivity index (χ0) is 11.2. The lowest BCUT2D eigenvalue weighted by molar-refractivity contribution is 0.0483. The van der Waals surface area contributed by atoms with Gasteiger partial charge in [-0.25, -0.2) is 4.79 Å². The standard InChI is InChI=1S/C11H8N2O3/c14-11(10-2-1-7-15-10)16-13-8-9-3-5-12-6-4-9/h1-8H/b13-8-. The average Bonchev–Trinajstić information content (AvgIpc) is 2.84. The first-order valence-electron chi connectivity index (χ1n) is 4.54. The molecular weight excluding hydrogens is 208 g/mol. The summed E-state index contributed by atoms with van der Waals surface area (Å²) in [5.41, 5.74) is 0.794. The number of hydrogen-bond acceptors (Lipinski definition) is 5. The van der Waals surface area contributed by atoms with Gasteiger partial charge in [-0.1, -0.05) is 5.16 Å². The topological polar surface area (TPSA) is 64.7 Å². The number of pyridine rings is 1. The van der Waals surface area contributed by atoms with Gasteiger partial charge in [-0.2, -0.15) is 0 Å². The van der Waals surface area contributed by atoms with Gasteiger partial charge < -0.3 is 9.25 Å². The van der Waals surface area contributed by atoms with Crippen LogP contribution in [-0.2, 0) is 4.84 Å². The van der Waals surface area contributed by atoms with Gasteiger partial charge in [0.05, 0.1) is 12.5 Å². The van der Waals surface area contributed by atoms with Crippen LogP contribution in [0, 0.1) is 0 Å². The summed E-state index contributed by atoms with van der Waals surface area (Å²) in [5, 5.41) is 3.54. The molecule has 0 unspecified atom stereocenters. The predicted octanol–water partition coefficient (Wildman–Crippen LogP) is 1.87. The fraction of sp³-hybridized carbons (Fsp3) is 0. The molecule has 2 aromatic heterocycles. The van der Waals surface area contributed by atoms with Crippen LogP contribution in [0.25, 0.3) is 0 Å². The summed E-state index contributed by atoms with van der Waals surface area (Å²) < 4.78 is 4.84. The quantitative estimate of drug-likeness (QED) is 0.446. The molecule has 80 valence electrons. The summed E-state index contributed by atoms with van der Waals surface area (Å²) in [6, 6.07) is 6.59. The van der Waals surface area contributed by atoms with Crippen LogP contribution >= 0.6 is 0 Å². The van der Waals surface area contributed by atoms with Gasteiger partial charge in [0, 0.05) is 12.4 Å². The normalized spacial score (nSPS) is 10.5. The Kier molecular flexibility index (Phi) is 3.08. The molecule has 0 spiro atoms. The number of nitrogens with zero attached hydrogens (tertiary/aromatic N) is 2. The fourth-order valence-electron chi connectivity index (χ4n) is 1.02. The minimum Gasteiger partial charge on any atom is -0.457 e. The minimum absolute atomic E-state index is 0.117. The van der Waals surface area contributed by atoms with Crippen LogP contribution < -0.4 is 0 Å². The van der Waals surface area contributed by atoms with Crippen molar-refractivity contribution in [2.24, 2.45) is 5.16 Å². The Morgan fingerprint density at radius 1 is 1.38 bits per heavy atom. The maximum Gasteiger partial charge on any atom is 0.400 e. The first-order valence-corrected chi connectivity index (χ1v) is 4.54. The molecule has 0 atom stereocenters. The maximum atomic E-state index is 11.3. The van der Waals surface area contributed by atoms with Crippen molar-refractivity contribution in [1.82, 2.24) is 4.98 Å². The highest BCUT2D eigenvalue weighted by Crippen LogP contribution is 2.02. The van der Waals surface area contributed by atoms with Crippen LogP contribution in [0.1, 0.15) is 16.1 Å². The van der Waals surface area contributed by atoms with Gasteiger partial charge in [0.2, 0.25) is 5.76 Å². The van der Waals surface area contributed by atoms with Crippen molar-refractivity contribution in [1.29, 1.82) is 0 Å². The van der Waals surface area contributed by atoms with Crippen molar-refractivity contribution in [3.05, 3.63) is 54.2 Å². The smallest absolute Gasteiger partial charge is 0.400 e. The van der Waals surface area contributed by atoms with E-state index in [-0.39, 0.29) is 5.76 Å². The lowest BCUT2D eigenvalue weighted by Gasteiger charge is -1.92. The summed E-state index contributed by atoms with van der Waals surface area (Å²) in [6.07, 6.45) is 6.05. The van der Waals surface area contributed by atoms with Gasteiger partial charge in [0.25, 0.3) is 0 Å². The molecule has 16 heavy (non-hydrogen) atoms. The van der Waals surface area contributed by atoms with Crippen LogP contribution in [0.4, 0.5) is 0 Å². The summed E-state index contributed by atoms with van der Waals surface area (Å²) in [6.45, 7) is 0. The van der Waals surface area contributed by atoms with Gasteiger partial charge in [-0.05, 0) is 29.8 Å². The van der Waals surface area contributed by atoms with E-state index in [4.69, 9.17) is 4.42 Å². The highest BCUT2D eigenvalue weighted by molar-refractivity contribution is 5.87. The molecule has 0 aliphatic rings. The van der Waals surface area contributed by atoms with Gasteiger partial charge in [0.1, 0.15) is 0 Å². The zero-order valence-electron chi connectivity index (χ0n) is 8.24. The number of oxime groups is 1. The van der Waals surface area contributed by atoms with Crippen LogP contribution in [0.2, 0.25) is 0 Å². The third kappa shape index (κ3) is 2.54. The van der Waals surface area contributed by atoms with Crippen LogP contribution in [0.3, 0.4) is 0 Å². The first kappa shape index (κ1) is 10.1. The van der Waals surface area contributed by atoms with Crippen molar-refractivity contribution >= 4 is 12.2 Å². The van der Waals surface area contributed by atoms with E-state index in [0.717, 1.165) is 5.56 Å². The number of aromatic nitrogens is 1. The van der Waals surface area contributed by atoms with E-state index in [2.05, 4.69) is 15.0 Å². The Labute approximate surface area is 91.4 Å². The molecule has 0 saturated heterocycles. The number of carbonyl (C=O) groups is 1. The second-order valence-corrected chi connectivity index (χ2v) is 2.87. The molecule has 0 fully saturated rings. The van der Waals surface area contributed by atoms with E-state index < -0.39 is 5.97 Å². The van der Waals surface area contributed by atoms with Crippen LogP contribution in [-0.4, -0.2) is 17.2 Å². The predicted molar refractivity (Wildman–Crippen MR) is 56.0 cm³/mol. The SMILES string of the molecule is O=C(O/N=C\c1ccncc1)c1ccco1. The van der Waals surface area contributed by atoms with E-state index >= 15 is 0 Å². The molecule has 2 rings (SSSR count). The fourth-order valence-corrected chi connectivity index (χ4v) is 1.02. The molecular formula is C11H8N2O3. The number of rotatable bonds is 3. The van der Waals surface area contributed by atoms with Crippen LogP contribution in [0.5, 0.6) is 0 Å². The van der Waals surface area contributed by atoms with Gasteiger partial charge in [-0.3, -0.25) is 4.98 Å². The largest absolute Gasteiger partial charge is 0.457 e. The van der Waals surface area contributed by atoms with Gasteiger partial charge >= 0.3 is 5.97 Å². The molecule has 0 aliphatic heterocycles. The molecule has 0 aliphatic carbocycles. The van der Waals surface area contributed by atoms with Crippen molar-refractivity contribution in [2.75, 3.05) is 0 Å². The summed E-state index contributed by atoms with van der Waals surface area (Å²) >= 11 is 0. The zero-order valence-corrected chi connectivity index (χ0v) is 8.24. The Bertz CT molecular complexity index is 477. The molecule has 0 bridgehead atoms. The van der Waals surface area contributed by atoms with Gasteiger partial charge in [-0.15, -0.1) is 0 Å². The Morgan fingerprint density at radius 3 is 2.88 bits per heavy atom. The Balaban J connectivity index is 1.93. The van der Waals surface area contributed by atoms with E-state index in [1.165, 1.54) is 18.5 Å². The minimum atomic E-state index is -0.629. The molecule has 2 aromatic rings. The highest BCUT2D eigenvalue weighted by atomic mass is 16.7. The summed E-state index contributed by atoms with van der Waals surface area (Å²) in [4.78, 5) is 19.7. The van der Waals surface area contributed by atoms with Crippen molar-refractivity contribution in [3.8, 4) is 0 Å². The second-order valence-electron chi connectivity index (χ2n) is 2.87. The van der Waals surface area contributed by atoms with E-state index in [1.807, 2.05) is 0 Å². The van der Waals surface area contributed by atoms with Crippen molar-refractivity contribution in [2.45, 2.75) is 0 Å². The van der Waals surface area contributed by atoms with E-state index in [1.54, 1.807) is 30.6 Å². The van der Waals surface area contributed by atoms with E-state index in [9.17, 15) is 4.79 Å². The van der Waals surface area contributed by atoms with E-state index in [0.29, 0.717) is 0 Å². The highest BCUT2D eigenvalue weighted by Gasteiger charge is 2.08. The lowest BCUT2D eigenvalue weighted by Crippen LogP contribution is -1.98. The third-order valence-corrected chi connectivity index (χ3v) is 1.77. The lowest BCUT2D eigenvalue weighted by atomic mass is 10.3. The Morgan fingerprint density at radius 2 is 2.19 bits per heavy atom. The number of carbonyl (C=O) groups excluding carboxylic acids is 1. The van der Waals surface area contributed by atoms with Crippen molar-refractivity contribution in [3.63, 3.8) is 0 Å². The maximum absolute atomic E-state index is 11.3. The van der Waals surface area contributed by atoms with Gasteiger partial charge in [0.15, 0.2) is 0 Å². The molecule has 2 heterocycles. The molecule has 0 radical (unpaired) electrons. The molecule has 0 saturated carbocycles. The summed E-state index contributed by atoms with van der Waals surface area (Å²) in [7, 11) is 0. The molecule has 5 heteroatoms. The Hall–Kier alpha value is -2.43. The third-order valence-electron chi connectivity index (χ3n) is 1.77. The van der Waals surface area contributed by atoms with Crippen molar-refractivity contribution < 1.29 is 14.0 Å².